The van der Waals surface area contributed by atoms with Gasteiger partial charge >= 0.3 is 0 Å². The number of aryl methyl sites for hydroxylation is 4. The fourth-order valence-electron chi connectivity index (χ4n) is 8.12. The minimum atomic E-state index is -0.472. The van der Waals surface area contributed by atoms with Crippen LogP contribution in [0, 0.1) is 27.7 Å². The van der Waals surface area contributed by atoms with Crippen LogP contribution in [0.1, 0.15) is 66.8 Å². The Morgan fingerprint density at radius 3 is 0.818 bits per heavy atom. The third-order valence-electron chi connectivity index (χ3n) is 10.1. The lowest BCUT2D eigenvalue weighted by Gasteiger charge is -2.37. The zero-order valence-electron chi connectivity index (χ0n) is 25.9. The second kappa shape index (κ2) is 9.79. The highest BCUT2D eigenvalue weighted by Gasteiger charge is 2.59. The Balaban J connectivity index is 1.61. The summed E-state index contributed by atoms with van der Waals surface area (Å²) >= 11 is 0. The summed E-state index contributed by atoms with van der Waals surface area (Å²) in [6.07, 6.45) is 0. The number of hydrogen-bond donors (Lipinski definition) is 0. The SMILES string of the molecule is Cc1ccc(C2(c3ccc(C)cc3)C3=C(c4ccccc42)C(c2ccc(C)cc2)(c2ccc(C)cc2)c2ccccc23)cc1. The van der Waals surface area contributed by atoms with Crippen LogP contribution in [-0.4, -0.2) is 0 Å². The summed E-state index contributed by atoms with van der Waals surface area (Å²) in [6, 6.07) is 55.5. The van der Waals surface area contributed by atoms with Crippen LogP contribution in [0.2, 0.25) is 0 Å². The minimum absolute atomic E-state index is 0.472. The molecule has 0 atom stereocenters. The molecule has 0 nitrogen and oxygen atoms in total. The van der Waals surface area contributed by atoms with Crippen LogP contribution in [-0.2, 0) is 10.8 Å². The molecule has 6 aromatic rings. The Hall–Kier alpha value is -4.94. The van der Waals surface area contributed by atoms with E-state index in [2.05, 4.69) is 173 Å². The van der Waals surface area contributed by atoms with Crippen molar-refractivity contribution in [2.75, 3.05) is 0 Å². The Bertz CT molecular complexity index is 1810. The summed E-state index contributed by atoms with van der Waals surface area (Å²) in [6.45, 7) is 8.72. The molecule has 0 saturated heterocycles. The van der Waals surface area contributed by atoms with E-state index in [0.29, 0.717) is 0 Å². The van der Waals surface area contributed by atoms with Crippen LogP contribution in [0.3, 0.4) is 0 Å². The predicted octanol–water partition coefficient (Wildman–Crippen LogP) is 10.5. The van der Waals surface area contributed by atoms with Crippen molar-refractivity contribution in [3.63, 3.8) is 0 Å². The lowest BCUT2D eigenvalue weighted by atomic mass is 9.64. The average Bonchev–Trinajstić information content (AvgIpc) is 3.53. The maximum atomic E-state index is 2.38. The van der Waals surface area contributed by atoms with Gasteiger partial charge in [0.15, 0.2) is 0 Å². The van der Waals surface area contributed by atoms with Crippen molar-refractivity contribution in [1.82, 2.24) is 0 Å². The molecule has 0 fully saturated rings. The molecule has 0 bridgehead atoms. The molecule has 0 amide bonds. The van der Waals surface area contributed by atoms with Crippen LogP contribution in [0.25, 0.3) is 11.1 Å². The van der Waals surface area contributed by atoms with E-state index >= 15 is 0 Å². The molecule has 0 N–H and O–H groups in total. The highest BCUT2D eigenvalue weighted by atomic mass is 14.6. The van der Waals surface area contributed by atoms with E-state index in [0.717, 1.165) is 0 Å². The molecule has 2 aliphatic rings. The van der Waals surface area contributed by atoms with Crippen molar-refractivity contribution in [3.8, 4) is 0 Å². The van der Waals surface area contributed by atoms with E-state index in [9.17, 15) is 0 Å². The van der Waals surface area contributed by atoms with E-state index in [1.807, 2.05) is 0 Å². The topological polar surface area (TPSA) is 0 Å². The van der Waals surface area contributed by atoms with Crippen LogP contribution in [0.4, 0.5) is 0 Å². The first-order valence-corrected chi connectivity index (χ1v) is 15.7. The fraction of sp³-hybridized carbons (Fsp3) is 0.136. The highest BCUT2D eigenvalue weighted by molar-refractivity contribution is 6.15. The molecule has 0 heterocycles. The van der Waals surface area contributed by atoms with E-state index in [1.165, 1.54) is 77.9 Å². The number of hydrogen-bond acceptors (Lipinski definition) is 0. The Kier molecular flexibility index (Phi) is 5.94. The molecule has 44 heavy (non-hydrogen) atoms. The van der Waals surface area contributed by atoms with Gasteiger partial charge in [0.1, 0.15) is 0 Å². The smallest absolute Gasteiger partial charge is 0.0619 e. The van der Waals surface area contributed by atoms with Crippen LogP contribution < -0.4 is 0 Å². The summed E-state index contributed by atoms with van der Waals surface area (Å²) in [5.74, 6) is 0. The summed E-state index contributed by atoms with van der Waals surface area (Å²) in [4.78, 5) is 0. The van der Waals surface area contributed by atoms with Gasteiger partial charge in [-0.3, -0.25) is 0 Å². The number of fused-ring (bicyclic) bond motifs is 4. The van der Waals surface area contributed by atoms with Gasteiger partial charge in [-0.25, -0.2) is 0 Å². The molecular weight excluding hydrogens is 528 g/mol. The number of benzene rings is 6. The van der Waals surface area contributed by atoms with Gasteiger partial charge in [0, 0.05) is 0 Å². The minimum Gasteiger partial charge on any atom is -0.0619 e. The molecule has 0 radical (unpaired) electrons. The Labute approximate surface area is 261 Å². The van der Waals surface area contributed by atoms with Gasteiger partial charge < -0.3 is 0 Å². The van der Waals surface area contributed by atoms with Gasteiger partial charge in [-0.05, 0) is 83.3 Å². The standard InChI is InChI=1S/C44H36/c1-29-13-21-33(22-14-29)43(34-23-15-30(2)16-24-34)39-11-7-5-9-37(39)42-41(43)38-10-6-8-12-40(38)44(42,35-25-17-31(3)18-26-35)36-27-19-32(4)20-28-36/h5-28H,1-4H3. The molecule has 0 spiro atoms. The molecule has 6 aromatic carbocycles. The fourth-order valence-corrected chi connectivity index (χ4v) is 8.12. The Morgan fingerprint density at radius 2 is 0.545 bits per heavy atom. The van der Waals surface area contributed by atoms with Gasteiger partial charge in [0.2, 0.25) is 0 Å². The van der Waals surface area contributed by atoms with Gasteiger partial charge in [-0.1, -0.05) is 168 Å². The van der Waals surface area contributed by atoms with Crippen LogP contribution in [0.5, 0.6) is 0 Å². The molecule has 212 valence electrons. The number of allylic oxidation sites excluding steroid dienone is 2. The second-order valence-electron chi connectivity index (χ2n) is 12.8. The van der Waals surface area contributed by atoms with Crippen molar-refractivity contribution in [3.05, 3.63) is 212 Å². The van der Waals surface area contributed by atoms with Gasteiger partial charge in [-0.2, -0.15) is 0 Å². The largest absolute Gasteiger partial charge is 0.0716 e. The normalized spacial score (nSPS) is 15.5. The van der Waals surface area contributed by atoms with Crippen LogP contribution >= 0.6 is 0 Å². The third kappa shape index (κ3) is 3.52. The summed E-state index contributed by atoms with van der Waals surface area (Å²) in [7, 11) is 0. The summed E-state index contributed by atoms with van der Waals surface area (Å²) < 4.78 is 0. The zero-order chi connectivity index (χ0) is 30.1. The first-order chi connectivity index (χ1) is 21.5. The first kappa shape index (κ1) is 26.7. The summed E-state index contributed by atoms with van der Waals surface area (Å²) in [5.41, 5.74) is 17.6. The molecule has 0 saturated carbocycles. The van der Waals surface area contributed by atoms with Crippen LogP contribution in [0.15, 0.2) is 146 Å². The molecular formula is C44H36. The molecule has 0 aliphatic heterocycles. The molecule has 8 rings (SSSR count). The first-order valence-electron chi connectivity index (χ1n) is 15.7. The second-order valence-corrected chi connectivity index (χ2v) is 12.8. The lowest BCUT2D eigenvalue weighted by molar-refractivity contribution is 0.799. The maximum Gasteiger partial charge on any atom is 0.0716 e. The van der Waals surface area contributed by atoms with Crippen molar-refractivity contribution in [2.45, 2.75) is 38.5 Å². The van der Waals surface area contributed by atoms with E-state index < -0.39 is 10.8 Å². The molecule has 0 unspecified atom stereocenters. The maximum absolute atomic E-state index is 2.38. The van der Waals surface area contributed by atoms with Crippen molar-refractivity contribution in [2.24, 2.45) is 0 Å². The molecule has 0 aromatic heterocycles. The van der Waals surface area contributed by atoms with Gasteiger partial charge in [-0.15, -0.1) is 0 Å². The predicted molar refractivity (Wildman–Crippen MR) is 184 cm³/mol. The average molecular weight is 565 g/mol. The quantitative estimate of drug-likeness (QED) is 0.200. The van der Waals surface area contributed by atoms with E-state index in [1.54, 1.807) is 0 Å². The summed E-state index contributed by atoms with van der Waals surface area (Å²) in [5, 5.41) is 0. The number of rotatable bonds is 4. The van der Waals surface area contributed by atoms with Crippen molar-refractivity contribution < 1.29 is 0 Å². The molecule has 0 heteroatoms. The zero-order valence-corrected chi connectivity index (χ0v) is 25.9. The monoisotopic (exact) mass is 564 g/mol. The van der Waals surface area contributed by atoms with Crippen molar-refractivity contribution in [1.29, 1.82) is 0 Å². The molecule has 2 aliphatic carbocycles. The van der Waals surface area contributed by atoms with E-state index in [4.69, 9.17) is 0 Å². The van der Waals surface area contributed by atoms with Gasteiger partial charge in [0.25, 0.3) is 0 Å². The van der Waals surface area contributed by atoms with E-state index in [-0.39, 0.29) is 0 Å². The van der Waals surface area contributed by atoms with Crippen molar-refractivity contribution >= 4 is 11.1 Å². The third-order valence-corrected chi connectivity index (χ3v) is 10.1. The van der Waals surface area contributed by atoms with Gasteiger partial charge in [0.05, 0.1) is 10.8 Å². The lowest BCUT2D eigenvalue weighted by Crippen LogP contribution is -2.30. The Morgan fingerprint density at radius 1 is 0.295 bits per heavy atom. The highest BCUT2D eigenvalue weighted by Crippen LogP contribution is 2.69.